The van der Waals surface area contributed by atoms with E-state index in [-0.39, 0.29) is 0 Å². The number of rotatable bonds is 7. The maximum Gasteiger partial charge on any atom is 0.129 e. The van der Waals surface area contributed by atoms with E-state index in [1.54, 1.807) is 11.3 Å². The summed E-state index contributed by atoms with van der Waals surface area (Å²) in [5, 5.41) is 4.42. The molecule has 2 rings (SSSR count). The van der Waals surface area contributed by atoms with Crippen LogP contribution in [0.15, 0.2) is 30.5 Å². The monoisotopic (exact) mass is 276 g/mol. The van der Waals surface area contributed by atoms with Crippen molar-refractivity contribution in [2.24, 2.45) is 0 Å². The second-order valence-corrected chi connectivity index (χ2v) is 5.35. The Kier molecular flexibility index (Phi) is 5.36. The van der Waals surface area contributed by atoms with Crippen LogP contribution in [0.4, 0.5) is 0 Å². The van der Waals surface area contributed by atoms with Crippen LogP contribution in [0, 0.1) is 0 Å². The number of benzene rings is 1. The highest BCUT2D eigenvalue weighted by atomic mass is 32.1. The van der Waals surface area contributed by atoms with Crippen molar-refractivity contribution in [1.82, 2.24) is 10.3 Å². The molecule has 0 aliphatic heterocycles. The molecular weight excluding hydrogens is 256 g/mol. The minimum Gasteiger partial charge on any atom is -0.493 e. The Balaban J connectivity index is 2.13. The van der Waals surface area contributed by atoms with Crippen molar-refractivity contribution in [3.05, 3.63) is 35.3 Å². The molecule has 0 unspecified atom stereocenters. The summed E-state index contributed by atoms with van der Waals surface area (Å²) < 4.78 is 5.65. The minimum atomic E-state index is 0.674. The Morgan fingerprint density at radius 2 is 2.11 bits per heavy atom. The first-order valence-corrected chi connectivity index (χ1v) is 7.54. The maximum atomic E-state index is 5.65. The zero-order valence-electron chi connectivity index (χ0n) is 11.5. The predicted octanol–water partition coefficient (Wildman–Crippen LogP) is 3.71. The van der Waals surface area contributed by atoms with E-state index >= 15 is 0 Å². The molecule has 1 aromatic heterocycles. The number of para-hydroxylation sites is 1. The Bertz CT molecular complexity index is 510. The molecule has 0 saturated heterocycles. The normalized spacial score (nSPS) is 10.6. The molecule has 3 nitrogen and oxygen atoms in total. The topological polar surface area (TPSA) is 34.2 Å². The highest BCUT2D eigenvalue weighted by molar-refractivity contribution is 7.15. The summed E-state index contributed by atoms with van der Waals surface area (Å²) in [5.74, 6) is 0.910. The van der Waals surface area contributed by atoms with Gasteiger partial charge in [0.05, 0.1) is 12.2 Å². The number of aromatic nitrogens is 1. The third-order valence-corrected chi connectivity index (χ3v) is 3.73. The zero-order chi connectivity index (χ0) is 13.5. The van der Waals surface area contributed by atoms with Crippen molar-refractivity contribution in [1.29, 1.82) is 0 Å². The molecule has 4 heteroatoms. The maximum absolute atomic E-state index is 5.65. The van der Waals surface area contributed by atoms with Gasteiger partial charge in [0.1, 0.15) is 10.8 Å². The average Bonchev–Trinajstić information content (AvgIpc) is 2.89. The molecule has 0 spiro atoms. The molecule has 102 valence electrons. The van der Waals surface area contributed by atoms with Crippen LogP contribution in [0.5, 0.6) is 5.75 Å². The molecule has 0 saturated carbocycles. The van der Waals surface area contributed by atoms with Crippen LogP contribution in [0.1, 0.15) is 25.1 Å². The fourth-order valence-electron chi connectivity index (χ4n) is 1.83. The molecule has 0 aliphatic rings. The summed E-state index contributed by atoms with van der Waals surface area (Å²) >= 11 is 1.72. The van der Waals surface area contributed by atoms with Gasteiger partial charge in [-0.1, -0.05) is 19.1 Å². The number of thiazole rings is 1. The smallest absolute Gasteiger partial charge is 0.129 e. The van der Waals surface area contributed by atoms with Gasteiger partial charge in [0.2, 0.25) is 0 Å². The summed E-state index contributed by atoms with van der Waals surface area (Å²) in [6.07, 6.45) is 3.10. The second-order valence-electron chi connectivity index (χ2n) is 4.24. The largest absolute Gasteiger partial charge is 0.493 e. The summed E-state index contributed by atoms with van der Waals surface area (Å²) in [7, 11) is 0. The van der Waals surface area contributed by atoms with Crippen molar-refractivity contribution in [2.75, 3.05) is 13.2 Å². The second kappa shape index (κ2) is 7.26. The summed E-state index contributed by atoms with van der Waals surface area (Å²) in [5.41, 5.74) is 1.08. The first-order valence-electron chi connectivity index (χ1n) is 6.72. The van der Waals surface area contributed by atoms with Gasteiger partial charge in [-0.3, -0.25) is 0 Å². The van der Waals surface area contributed by atoms with Crippen LogP contribution in [-0.4, -0.2) is 18.1 Å². The Morgan fingerprint density at radius 1 is 1.26 bits per heavy atom. The number of nitrogens with zero attached hydrogens (tertiary/aromatic N) is 1. The van der Waals surface area contributed by atoms with Gasteiger partial charge in [-0.2, -0.15) is 0 Å². The van der Waals surface area contributed by atoms with Crippen LogP contribution < -0.4 is 10.1 Å². The molecule has 0 radical (unpaired) electrons. The van der Waals surface area contributed by atoms with Gasteiger partial charge in [0.25, 0.3) is 0 Å². The van der Waals surface area contributed by atoms with Crippen molar-refractivity contribution < 1.29 is 4.74 Å². The van der Waals surface area contributed by atoms with E-state index in [1.165, 1.54) is 4.88 Å². The van der Waals surface area contributed by atoms with Crippen molar-refractivity contribution in [2.45, 2.75) is 26.8 Å². The lowest BCUT2D eigenvalue weighted by molar-refractivity contribution is 0.341. The fourth-order valence-corrected chi connectivity index (χ4v) is 2.74. The van der Waals surface area contributed by atoms with E-state index in [9.17, 15) is 0 Å². The Hall–Kier alpha value is -1.39. The summed E-state index contributed by atoms with van der Waals surface area (Å²) in [6, 6.07) is 8.07. The fraction of sp³-hybridized carbons (Fsp3) is 0.400. The van der Waals surface area contributed by atoms with E-state index in [0.717, 1.165) is 35.8 Å². The number of nitrogens with one attached hydrogen (secondary N) is 1. The third-order valence-electron chi connectivity index (χ3n) is 2.70. The van der Waals surface area contributed by atoms with Crippen molar-refractivity contribution in [3.63, 3.8) is 0 Å². The zero-order valence-corrected chi connectivity index (χ0v) is 12.3. The van der Waals surface area contributed by atoms with E-state index in [2.05, 4.69) is 23.3 Å². The van der Waals surface area contributed by atoms with Crippen LogP contribution in [0.3, 0.4) is 0 Å². The van der Waals surface area contributed by atoms with Crippen molar-refractivity contribution >= 4 is 11.3 Å². The van der Waals surface area contributed by atoms with Gasteiger partial charge in [-0.25, -0.2) is 4.98 Å². The van der Waals surface area contributed by atoms with Gasteiger partial charge >= 0.3 is 0 Å². The molecule has 1 N–H and O–H groups in total. The van der Waals surface area contributed by atoms with E-state index < -0.39 is 0 Å². The van der Waals surface area contributed by atoms with Gasteiger partial charge < -0.3 is 10.1 Å². The average molecular weight is 276 g/mol. The summed E-state index contributed by atoms with van der Waals surface area (Å²) in [6.45, 7) is 6.78. The molecule has 19 heavy (non-hydrogen) atoms. The van der Waals surface area contributed by atoms with Gasteiger partial charge in [-0.15, -0.1) is 11.3 Å². The standard InChI is InChI=1S/C15H20N2OS/c1-3-9-16-10-12-11-17-15(19-12)13-7-5-6-8-14(13)18-4-2/h5-8,11,16H,3-4,9-10H2,1-2H3. The lowest BCUT2D eigenvalue weighted by atomic mass is 10.2. The van der Waals surface area contributed by atoms with Crippen LogP contribution in [0.2, 0.25) is 0 Å². The highest BCUT2D eigenvalue weighted by Gasteiger charge is 2.09. The van der Waals surface area contributed by atoms with Crippen LogP contribution in [0.25, 0.3) is 10.6 Å². The number of hydrogen-bond acceptors (Lipinski definition) is 4. The lowest BCUT2D eigenvalue weighted by Crippen LogP contribution is -2.12. The predicted molar refractivity (Wildman–Crippen MR) is 80.7 cm³/mol. The molecule has 2 aromatic rings. The Morgan fingerprint density at radius 3 is 2.89 bits per heavy atom. The van der Waals surface area contributed by atoms with E-state index in [1.807, 2.05) is 31.3 Å². The van der Waals surface area contributed by atoms with Crippen LogP contribution >= 0.6 is 11.3 Å². The minimum absolute atomic E-state index is 0.674. The number of hydrogen-bond donors (Lipinski definition) is 1. The number of ether oxygens (including phenoxy) is 1. The summed E-state index contributed by atoms with van der Waals surface area (Å²) in [4.78, 5) is 5.77. The first kappa shape index (κ1) is 14.0. The molecule has 0 bridgehead atoms. The lowest BCUT2D eigenvalue weighted by Gasteiger charge is -2.07. The van der Waals surface area contributed by atoms with Gasteiger partial charge in [0, 0.05) is 17.6 Å². The van der Waals surface area contributed by atoms with Crippen LogP contribution in [-0.2, 0) is 6.54 Å². The SMILES string of the molecule is CCCNCc1cnc(-c2ccccc2OCC)s1. The quantitative estimate of drug-likeness (QED) is 0.783. The van der Waals surface area contributed by atoms with E-state index in [0.29, 0.717) is 6.61 Å². The third kappa shape index (κ3) is 3.78. The molecule has 0 fully saturated rings. The first-order chi connectivity index (χ1) is 9.35. The molecule has 1 aromatic carbocycles. The van der Waals surface area contributed by atoms with Crippen molar-refractivity contribution in [3.8, 4) is 16.3 Å². The molecule has 0 amide bonds. The molecular formula is C15H20N2OS. The molecule has 0 atom stereocenters. The molecule has 1 heterocycles. The Labute approximate surface area is 118 Å². The van der Waals surface area contributed by atoms with E-state index in [4.69, 9.17) is 4.74 Å². The van der Waals surface area contributed by atoms with Gasteiger partial charge in [0.15, 0.2) is 0 Å². The van der Waals surface area contributed by atoms with Gasteiger partial charge in [-0.05, 0) is 32.0 Å². The molecule has 0 aliphatic carbocycles. The highest BCUT2D eigenvalue weighted by Crippen LogP contribution is 2.32.